The van der Waals surface area contributed by atoms with Crippen molar-refractivity contribution in [2.75, 3.05) is 6.54 Å². The molecule has 1 rings (SSSR count). The molecule has 5 heteroatoms. The number of hydrogen-bond donors (Lipinski definition) is 1. The second-order valence-electron chi connectivity index (χ2n) is 2.10. The monoisotopic (exact) mass is 217 g/mol. The van der Waals surface area contributed by atoms with E-state index in [9.17, 15) is 4.79 Å². The van der Waals surface area contributed by atoms with Crippen LogP contribution < -0.4 is 5.73 Å². The molecule has 1 aromatic heterocycles. The van der Waals surface area contributed by atoms with Crippen molar-refractivity contribution in [3.63, 3.8) is 0 Å². The van der Waals surface area contributed by atoms with Crippen LogP contribution in [0.2, 0.25) is 0 Å². The Bertz CT molecular complexity index is 258. The molecule has 0 saturated carbocycles. The van der Waals surface area contributed by atoms with Crippen LogP contribution in [0.4, 0.5) is 0 Å². The van der Waals surface area contributed by atoms with Gasteiger partial charge in [0.15, 0.2) is 5.78 Å². The number of nitrogens with two attached hydrogens (primary N) is 1. The zero-order valence-electron chi connectivity index (χ0n) is 5.83. The highest BCUT2D eigenvalue weighted by Crippen LogP contribution is 2.05. The molecule has 0 bridgehead atoms. The van der Waals surface area contributed by atoms with Gasteiger partial charge in [-0.1, -0.05) is 0 Å². The average molecular weight is 218 g/mol. The Hall–Kier alpha value is -0.680. The van der Waals surface area contributed by atoms with Gasteiger partial charge in [-0.3, -0.25) is 9.48 Å². The SMILES string of the molecule is NCC(=O)Cn1cc(Br)cn1. The minimum Gasteiger partial charge on any atom is -0.324 e. The zero-order valence-corrected chi connectivity index (χ0v) is 7.41. The predicted octanol–water partition coefficient (Wildman–Crippen LogP) is 0.173. The molecule has 60 valence electrons. The van der Waals surface area contributed by atoms with Crippen molar-refractivity contribution in [1.29, 1.82) is 0 Å². The lowest BCUT2D eigenvalue weighted by molar-refractivity contribution is -0.118. The Labute approximate surface area is 72.5 Å². The fourth-order valence-corrected chi connectivity index (χ4v) is 0.998. The van der Waals surface area contributed by atoms with Crippen molar-refractivity contribution in [1.82, 2.24) is 9.78 Å². The summed E-state index contributed by atoms with van der Waals surface area (Å²) in [6, 6.07) is 0. The molecular weight excluding hydrogens is 210 g/mol. The van der Waals surface area contributed by atoms with E-state index in [2.05, 4.69) is 21.0 Å². The van der Waals surface area contributed by atoms with E-state index < -0.39 is 0 Å². The van der Waals surface area contributed by atoms with Gasteiger partial charge in [-0.25, -0.2) is 0 Å². The van der Waals surface area contributed by atoms with Crippen LogP contribution in [0.25, 0.3) is 0 Å². The number of ketones is 1. The van der Waals surface area contributed by atoms with Crippen LogP contribution in [0.5, 0.6) is 0 Å². The van der Waals surface area contributed by atoms with Crippen LogP contribution in [0.1, 0.15) is 0 Å². The molecule has 0 fully saturated rings. The van der Waals surface area contributed by atoms with Gasteiger partial charge in [0.1, 0.15) is 6.54 Å². The number of hydrogen-bond acceptors (Lipinski definition) is 3. The molecule has 0 radical (unpaired) electrons. The van der Waals surface area contributed by atoms with E-state index in [0.29, 0.717) is 0 Å². The van der Waals surface area contributed by atoms with Crippen LogP contribution in [-0.2, 0) is 11.3 Å². The first-order valence-corrected chi connectivity index (χ1v) is 3.91. The van der Waals surface area contributed by atoms with Crippen molar-refractivity contribution < 1.29 is 4.79 Å². The Balaban J connectivity index is 2.57. The third kappa shape index (κ3) is 2.44. The van der Waals surface area contributed by atoms with Crippen LogP contribution in [0.15, 0.2) is 16.9 Å². The van der Waals surface area contributed by atoms with Gasteiger partial charge in [0, 0.05) is 6.20 Å². The van der Waals surface area contributed by atoms with Crippen molar-refractivity contribution >= 4 is 21.7 Å². The fourth-order valence-electron chi connectivity index (χ4n) is 0.670. The molecule has 0 aliphatic rings. The standard InChI is InChI=1S/C6H8BrN3O/c7-5-2-9-10(3-5)4-6(11)1-8/h2-3H,1,4,8H2. The van der Waals surface area contributed by atoms with Gasteiger partial charge in [0.2, 0.25) is 0 Å². The second-order valence-corrected chi connectivity index (χ2v) is 3.01. The van der Waals surface area contributed by atoms with Crippen LogP contribution in [0.3, 0.4) is 0 Å². The van der Waals surface area contributed by atoms with Gasteiger partial charge >= 0.3 is 0 Å². The summed E-state index contributed by atoms with van der Waals surface area (Å²) in [5, 5.41) is 3.90. The van der Waals surface area contributed by atoms with Crippen molar-refractivity contribution in [3.8, 4) is 0 Å². The highest BCUT2D eigenvalue weighted by atomic mass is 79.9. The van der Waals surface area contributed by atoms with Gasteiger partial charge in [0.25, 0.3) is 0 Å². The van der Waals surface area contributed by atoms with Crippen LogP contribution in [0, 0.1) is 0 Å². The summed E-state index contributed by atoms with van der Waals surface area (Å²) >= 11 is 3.22. The topological polar surface area (TPSA) is 60.9 Å². The van der Waals surface area contributed by atoms with E-state index in [1.54, 1.807) is 17.1 Å². The molecule has 0 unspecified atom stereocenters. The second kappa shape index (κ2) is 3.64. The van der Waals surface area contributed by atoms with Gasteiger partial charge in [-0.15, -0.1) is 0 Å². The van der Waals surface area contributed by atoms with Gasteiger partial charge in [-0.05, 0) is 15.9 Å². The lowest BCUT2D eigenvalue weighted by atomic mass is 10.4. The highest BCUT2D eigenvalue weighted by molar-refractivity contribution is 9.10. The molecule has 0 aliphatic heterocycles. The largest absolute Gasteiger partial charge is 0.324 e. The minimum absolute atomic E-state index is 0.0272. The number of halogens is 1. The number of carbonyl (C=O) groups excluding carboxylic acids is 1. The summed E-state index contributed by atoms with van der Waals surface area (Å²) in [7, 11) is 0. The van der Waals surface area contributed by atoms with E-state index in [-0.39, 0.29) is 18.9 Å². The molecule has 11 heavy (non-hydrogen) atoms. The molecule has 0 atom stereocenters. The maximum atomic E-state index is 10.8. The van der Waals surface area contributed by atoms with Crippen LogP contribution in [-0.4, -0.2) is 22.1 Å². The molecule has 4 nitrogen and oxygen atoms in total. The van der Waals surface area contributed by atoms with Gasteiger partial charge in [0.05, 0.1) is 17.2 Å². The maximum absolute atomic E-state index is 10.8. The van der Waals surface area contributed by atoms with Gasteiger partial charge < -0.3 is 5.73 Å². The Kier molecular flexibility index (Phi) is 2.78. The molecule has 0 spiro atoms. The fraction of sp³-hybridized carbons (Fsp3) is 0.333. The third-order valence-electron chi connectivity index (χ3n) is 1.17. The molecule has 1 aromatic rings. The number of nitrogens with zero attached hydrogens (tertiary/aromatic N) is 2. The molecule has 0 aliphatic carbocycles. The average Bonchev–Trinajstić information content (AvgIpc) is 2.35. The quantitative estimate of drug-likeness (QED) is 0.786. The van der Waals surface area contributed by atoms with Crippen molar-refractivity contribution in [3.05, 3.63) is 16.9 Å². The van der Waals surface area contributed by atoms with E-state index in [1.165, 1.54) is 0 Å². The number of rotatable bonds is 3. The van der Waals surface area contributed by atoms with E-state index in [4.69, 9.17) is 5.73 Å². The number of Topliss-reactive ketones (excluding diaryl/α,β-unsaturated/α-hetero) is 1. The van der Waals surface area contributed by atoms with Crippen molar-refractivity contribution in [2.45, 2.75) is 6.54 Å². The summed E-state index contributed by atoms with van der Waals surface area (Å²) in [6.45, 7) is 0.319. The highest BCUT2D eigenvalue weighted by Gasteiger charge is 2.00. The lowest BCUT2D eigenvalue weighted by Crippen LogP contribution is -2.19. The maximum Gasteiger partial charge on any atom is 0.167 e. The molecule has 2 N–H and O–H groups in total. The number of carbonyl (C=O) groups is 1. The summed E-state index contributed by atoms with van der Waals surface area (Å²) in [5.41, 5.74) is 5.12. The Morgan fingerprint density at radius 1 is 1.82 bits per heavy atom. The Morgan fingerprint density at radius 2 is 2.55 bits per heavy atom. The Morgan fingerprint density at radius 3 is 3.00 bits per heavy atom. The first-order valence-electron chi connectivity index (χ1n) is 3.12. The smallest absolute Gasteiger partial charge is 0.167 e. The predicted molar refractivity (Wildman–Crippen MR) is 44.0 cm³/mol. The number of aromatic nitrogens is 2. The normalized spacial score (nSPS) is 10.0. The molecular formula is C6H8BrN3O. The zero-order chi connectivity index (χ0) is 8.27. The van der Waals surface area contributed by atoms with E-state index in [0.717, 1.165) is 4.47 Å². The molecule has 0 aromatic carbocycles. The summed E-state index contributed by atoms with van der Waals surface area (Å²) in [6.07, 6.45) is 3.36. The van der Waals surface area contributed by atoms with E-state index in [1.807, 2.05) is 0 Å². The minimum atomic E-state index is -0.0272. The first-order chi connectivity index (χ1) is 5.22. The lowest BCUT2D eigenvalue weighted by Gasteiger charge is -1.95. The summed E-state index contributed by atoms with van der Waals surface area (Å²) < 4.78 is 2.40. The summed E-state index contributed by atoms with van der Waals surface area (Å²) in [4.78, 5) is 10.8. The van der Waals surface area contributed by atoms with E-state index >= 15 is 0 Å². The summed E-state index contributed by atoms with van der Waals surface area (Å²) in [5.74, 6) is -0.0272. The van der Waals surface area contributed by atoms with Crippen LogP contribution >= 0.6 is 15.9 Å². The van der Waals surface area contributed by atoms with Crippen molar-refractivity contribution in [2.24, 2.45) is 5.73 Å². The first kappa shape index (κ1) is 8.42. The molecule has 0 saturated heterocycles. The third-order valence-corrected chi connectivity index (χ3v) is 1.58. The molecule has 0 amide bonds. The molecule has 1 heterocycles. The van der Waals surface area contributed by atoms with Gasteiger partial charge in [-0.2, -0.15) is 5.10 Å².